The Balaban J connectivity index is 3.14. The number of amides is 2. The van der Waals surface area contributed by atoms with Gasteiger partial charge in [0, 0.05) is 19.1 Å². The molecule has 0 saturated heterocycles. The smallest absolute Gasteiger partial charge is 0.328 e. The monoisotopic (exact) mass is 460 g/mol. The summed E-state index contributed by atoms with van der Waals surface area (Å²) in [6, 6.07) is -0.699. The lowest BCUT2D eigenvalue weighted by Gasteiger charge is -2.27. The van der Waals surface area contributed by atoms with E-state index in [0.29, 0.717) is 12.8 Å². The molecule has 0 fully saturated rings. The van der Waals surface area contributed by atoms with Crippen LogP contribution < -0.4 is 16.3 Å². The molecule has 10 nitrogen and oxygen atoms in total. The maximum absolute atomic E-state index is 13.6. The van der Waals surface area contributed by atoms with Crippen LogP contribution in [0.15, 0.2) is 11.0 Å². The number of hydrogen-bond acceptors (Lipinski definition) is 6. The van der Waals surface area contributed by atoms with Crippen molar-refractivity contribution in [2.75, 3.05) is 19.8 Å². The van der Waals surface area contributed by atoms with Crippen LogP contribution in [0.4, 0.5) is 0 Å². The normalized spacial score (nSPS) is 15.5. The van der Waals surface area contributed by atoms with Gasteiger partial charge in [-0.05, 0) is 31.6 Å². The lowest BCUT2D eigenvalue weighted by atomic mass is 9.96. The van der Waals surface area contributed by atoms with Gasteiger partial charge in [0.05, 0.1) is 12.8 Å². The second-order valence-electron chi connectivity index (χ2n) is 8.57. The molecule has 1 aromatic heterocycles. The number of imidazole rings is 1. The third-order valence-corrected chi connectivity index (χ3v) is 7.22. The average molecular weight is 461 g/mol. The molecule has 0 spiro atoms. The van der Waals surface area contributed by atoms with Crippen molar-refractivity contribution in [1.82, 2.24) is 20.2 Å². The number of carbonyl (C=O) groups is 2. The summed E-state index contributed by atoms with van der Waals surface area (Å²) in [7, 11) is -2.00. The summed E-state index contributed by atoms with van der Waals surface area (Å²) in [5, 5.41) is 15.2. The van der Waals surface area contributed by atoms with E-state index >= 15 is 0 Å². The van der Waals surface area contributed by atoms with E-state index in [2.05, 4.69) is 15.6 Å². The quantitative estimate of drug-likeness (QED) is 0.332. The van der Waals surface area contributed by atoms with E-state index in [4.69, 9.17) is 4.52 Å². The van der Waals surface area contributed by atoms with Gasteiger partial charge in [0.25, 0.3) is 0 Å². The third kappa shape index (κ3) is 8.53. The van der Waals surface area contributed by atoms with E-state index in [1.54, 1.807) is 6.92 Å². The van der Waals surface area contributed by atoms with Crippen molar-refractivity contribution in [2.24, 2.45) is 17.8 Å². The number of rotatable bonds is 13. The molecule has 0 bridgehead atoms. The number of aromatic hydroxyl groups is 1. The van der Waals surface area contributed by atoms with Gasteiger partial charge in [0.1, 0.15) is 12.3 Å². The molecule has 1 heterocycles. The first-order chi connectivity index (χ1) is 14.4. The van der Waals surface area contributed by atoms with Gasteiger partial charge < -0.3 is 25.2 Å². The number of nitrogens with one attached hydrogen (secondary N) is 3. The van der Waals surface area contributed by atoms with Crippen LogP contribution in [-0.2, 0) is 25.0 Å². The van der Waals surface area contributed by atoms with E-state index in [-0.39, 0.29) is 48.6 Å². The number of aromatic amines is 1. The molecule has 11 heteroatoms. The minimum Gasteiger partial charge on any atom is -0.493 e. The molecule has 1 rings (SSSR count). The highest BCUT2D eigenvalue weighted by Gasteiger charge is 2.35. The Hall–Kier alpha value is -2.06. The van der Waals surface area contributed by atoms with Crippen LogP contribution in [0, 0.1) is 17.8 Å². The minimum absolute atomic E-state index is 0.107. The Labute approximate surface area is 183 Å². The maximum atomic E-state index is 13.6. The fourth-order valence-electron chi connectivity index (χ4n) is 3.46. The molecule has 0 saturated carbocycles. The van der Waals surface area contributed by atoms with Gasteiger partial charge in [-0.25, -0.2) is 4.79 Å². The van der Waals surface area contributed by atoms with Gasteiger partial charge in [-0.15, -0.1) is 0 Å². The minimum atomic E-state index is -3.51. The number of carbonyl (C=O) groups excluding carboxylic acids is 2. The summed E-state index contributed by atoms with van der Waals surface area (Å²) >= 11 is 0. The van der Waals surface area contributed by atoms with Crippen molar-refractivity contribution in [3.63, 3.8) is 0 Å². The summed E-state index contributed by atoms with van der Waals surface area (Å²) < 4.78 is 20.0. The van der Waals surface area contributed by atoms with Gasteiger partial charge in [-0.1, -0.05) is 27.7 Å². The topological polar surface area (TPSA) is 143 Å². The number of nitrogens with zero attached hydrogens (tertiary/aromatic N) is 1. The number of hydrogen-bond donors (Lipinski definition) is 4. The van der Waals surface area contributed by atoms with Gasteiger partial charge in [0.2, 0.25) is 25.1 Å². The first kappa shape index (κ1) is 27.0. The Bertz CT molecular complexity index is 832. The second kappa shape index (κ2) is 12.1. The zero-order valence-corrected chi connectivity index (χ0v) is 20.2. The summed E-state index contributed by atoms with van der Waals surface area (Å²) in [4.78, 5) is 39.6. The van der Waals surface area contributed by atoms with E-state index in [0.717, 1.165) is 10.8 Å². The number of aromatic nitrogens is 2. The molecule has 0 aliphatic heterocycles. The number of H-pyrrole nitrogens is 1. The van der Waals surface area contributed by atoms with Crippen LogP contribution in [0.2, 0.25) is 0 Å². The average Bonchev–Trinajstić information content (AvgIpc) is 2.97. The molecule has 0 aliphatic carbocycles. The van der Waals surface area contributed by atoms with Crippen LogP contribution in [0.25, 0.3) is 0 Å². The van der Waals surface area contributed by atoms with E-state index in [1.807, 2.05) is 27.7 Å². The Kier molecular flexibility index (Phi) is 10.5. The molecule has 1 aromatic rings. The fraction of sp³-hybridized carbons (Fsp3) is 0.750. The predicted molar refractivity (Wildman–Crippen MR) is 119 cm³/mol. The van der Waals surface area contributed by atoms with Gasteiger partial charge in [-0.3, -0.25) is 18.7 Å². The van der Waals surface area contributed by atoms with Crippen LogP contribution in [-0.4, -0.2) is 52.3 Å². The lowest BCUT2D eigenvalue weighted by Crippen LogP contribution is -2.49. The molecule has 0 aliphatic rings. The highest BCUT2D eigenvalue weighted by atomic mass is 31.2. The maximum Gasteiger partial charge on any atom is 0.328 e. The molecule has 3 atom stereocenters. The van der Waals surface area contributed by atoms with E-state index in [1.165, 1.54) is 7.05 Å². The second-order valence-corrected chi connectivity index (χ2v) is 11.1. The molecular formula is C20H37N4O6P. The lowest BCUT2D eigenvalue weighted by molar-refractivity contribution is -0.131. The van der Waals surface area contributed by atoms with E-state index in [9.17, 15) is 24.1 Å². The number of likely N-dealkylation sites (N-methyl/N-ethyl adjacent to an activating group) is 1. The largest absolute Gasteiger partial charge is 0.493 e. The van der Waals surface area contributed by atoms with Crippen LogP contribution >= 0.6 is 7.37 Å². The molecule has 0 aromatic carbocycles. The molecule has 2 amide bonds. The van der Waals surface area contributed by atoms with Crippen LogP contribution in [0.5, 0.6) is 5.88 Å². The molecule has 2 unspecified atom stereocenters. The first-order valence-electron chi connectivity index (χ1n) is 10.6. The predicted octanol–water partition coefficient (Wildman–Crippen LogP) is 2.09. The van der Waals surface area contributed by atoms with Crippen molar-refractivity contribution >= 4 is 19.2 Å². The SMILES string of the molecule is CCOP(=O)(CC(CC(C)C)C(=O)N[C@@H](CC(C)C)C(=O)NC)Cn1c(O)c[nH]c1=O. The molecule has 0 radical (unpaired) electrons. The van der Waals surface area contributed by atoms with Crippen LogP contribution in [0.1, 0.15) is 47.5 Å². The van der Waals surface area contributed by atoms with Gasteiger partial charge in [-0.2, -0.15) is 0 Å². The Morgan fingerprint density at radius 1 is 1.19 bits per heavy atom. The Morgan fingerprint density at radius 3 is 2.26 bits per heavy atom. The Morgan fingerprint density at radius 2 is 1.81 bits per heavy atom. The van der Waals surface area contributed by atoms with Crippen molar-refractivity contribution in [3.05, 3.63) is 16.7 Å². The van der Waals surface area contributed by atoms with E-state index < -0.39 is 25.0 Å². The van der Waals surface area contributed by atoms with Crippen molar-refractivity contribution in [1.29, 1.82) is 0 Å². The summed E-state index contributed by atoms with van der Waals surface area (Å²) in [5.74, 6) is -1.41. The molecule has 178 valence electrons. The highest BCUT2D eigenvalue weighted by molar-refractivity contribution is 7.57. The highest BCUT2D eigenvalue weighted by Crippen LogP contribution is 2.51. The summed E-state index contributed by atoms with van der Waals surface area (Å²) in [6.07, 6.45) is 1.55. The zero-order chi connectivity index (χ0) is 23.8. The molecular weight excluding hydrogens is 423 g/mol. The first-order valence-corrected chi connectivity index (χ1v) is 12.6. The van der Waals surface area contributed by atoms with Gasteiger partial charge >= 0.3 is 5.69 Å². The molecule has 31 heavy (non-hydrogen) atoms. The van der Waals surface area contributed by atoms with Crippen LogP contribution in [0.3, 0.4) is 0 Å². The molecule has 4 N–H and O–H groups in total. The summed E-state index contributed by atoms with van der Waals surface area (Å²) in [5.41, 5.74) is -0.612. The van der Waals surface area contributed by atoms with Crippen molar-refractivity contribution < 1.29 is 23.8 Å². The fourth-order valence-corrected chi connectivity index (χ4v) is 5.92. The van der Waals surface area contributed by atoms with Crippen molar-refractivity contribution in [2.45, 2.75) is 59.8 Å². The summed E-state index contributed by atoms with van der Waals surface area (Å²) in [6.45, 7) is 9.60. The standard InChI is InChI=1S/C20H37N4O6P/c1-7-30-31(29,12-24-17(25)10-22-20(24)28)11-15(8-13(2)3)18(26)23-16(9-14(4)5)19(27)21-6/h10,13-16,25H,7-9,11-12H2,1-6H3,(H,21,27)(H,22,28)(H,23,26)/t15?,16-,31?/m0/s1. The van der Waals surface area contributed by atoms with Crippen molar-refractivity contribution in [3.8, 4) is 5.88 Å². The third-order valence-electron chi connectivity index (χ3n) is 4.78. The zero-order valence-electron chi connectivity index (χ0n) is 19.3. The van der Waals surface area contributed by atoms with Gasteiger partial charge in [0.15, 0.2) is 0 Å².